The van der Waals surface area contributed by atoms with Gasteiger partial charge in [-0.25, -0.2) is 4.98 Å². The number of hydrogen-bond donors (Lipinski definition) is 0. The van der Waals surface area contributed by atoms with Crippen LogP contribution in [0.15, 0.2) is 0 Å². The van der Waals surface area contributed by atoms with Crippen molar-refractivity contribution in [2.75, 3.05) is 13.6 Å². The molecule has 1 aliphatic carbocycles. The Kier molecular flexibility index (Phi) is 2.74. The number of nitrogens with zero attached hydrogens (tertiary/aromatic N) is 3. The second kappa shape index (κ2) is 4.26. The summed E-state index contributed by atoms with van der Waals surface area (Å²) in [5, 5.41) is 0. The number of fused-ring (bicyclic) bond motifs is 1. The van der Waals surface area contributed by atoms with Crippen LogP contribution >= 0.6 is 0 Å². The minimum Gasteiger partial charge on any atom is -0.329 e. The van der Waals surface area contributed by atoms with E-state index in [0.717, 1.165) is 31.6 Å². The SMILES string of the molecule is CN1CCn2c(C3CCCC3)nc(C=O)c2C1. The minimum atomic E-state index is 0.589. The van der Waals surface area contributed by atoms with Crippen LogP contribution in [0.5, 0.6) is 0 Å². The standard InChI is InChI=1S/C13H19N3O/c1-15-6-7-16-12(8-15)11(9-17)14-13(16)10-4-2-3-5-10/h9-10H,2-8H2,1H3. The molecular formula is C13H19N3O. The number of carbonyl (C=O) groups excluding carboxylic acids is 1. The van der Waals surface area contributed by atoms with Gasteiger partial charge >= 0.3 is 0 Å². The average molecular weight is 233 g/mol. The quantitative estimate of drug-likeness (QED) is 0.731. The second-order valence-corrected chi connectivity index (χ2v) is 5.29. The van der Waals surface area contributed by atoms with Gasteiger partial charge in [0.25, 0.3) is 0 Å². The molecule has 0 spiro atoms. The molecule has 92 valence electrons. The first kappa shape index (κ1) is 11.0. The molecule has 0 radical (unpaired) electrons. The maximum atomic E-state index is 11.1. The fourth-order valence-electron chi connectivity index (χ4n) is 3.14. The Bertz CT molecular complexity index is 432. The van der Waals surface area contributed by atoms with E-state index in [9.17, 15) is 4.79 Å². The Morgan fingerprint density at radius 2 is 2.06 bits per heavy atom. The summed E-state index contributed by atoms with van der Waals surface area (Å²) in [5.41, 5.74) is 1.79. The van der Waals surface area contributed by atoms with Gasteiger partial charge in [-0.3, -0.25) is 9.69 Å². The van der Waals surface area contributed by atoms with Gasteiger partial charge in [0, 0.05) is 25.6 Å². The molecule has 0 N–H and O–H groups in total. The summed E-state index contributed by atoms with van der Waals surface area (Å²) < 4.78 is 2.31. The van der Waals surface area contributed by atoms with Crippen LogP contribution in [-0.2, 0) is 13.1 Å². The van der Waals surface area contributed by atoms with Crippen molar-refractivity contribution in [3.05, 3.63) is 17.2 Å². The van der Waals surface area contributed by atoms with E-state index in [1.807, 2.05) is 0 Å². The summed E-state index contributed by atoms with van der Waals surface area (Å²) in [6.07, 6.45) is 6.02. The molecule has 2 heterocycles. The number of imidazole rings is 1. The summed E-state index contributed by atoms with van der Waals surface area (Å²) >= 11 is 0. The average Bonchev–Trinajstić information content (AvgIpc) is 2.94. The van der Waals surface area contributed by atoms with Gasteiger partial charge in [-0.1, -0.05) is 12.8 Å². The van der Waals surface area contributed by atoms with E-state index < -0.39 is 0 Å². The van der Waals surface area contributed by atoms with Crippen LogP contribution in [0.3, 0.4) is 0 Å². The van der Waals surface area contributed by atoms with Gasteiger partial charge < -0.3 is 4.57 Å². The van der Waals surface area contributed by atoms with E-state index >= 15 is 0 Å². The predicted molar refractivity (Wildman–Crippen MR) is 65.2 cm³/mol. The van der Waals surface area contributed by atoms with E-state index in [1.54, 1.807) is 0 Å². The van der Waals surface area contributed by atoms with Crippen molar-refractivity contribution >= 4 is 6.29 Å². The second-order valence-electron chi connectivity index (χ2n) is 5.29. The largest absolute Gasteiger partial charge is 0.329 e. The topological polar surface area (TPSA) is 38.1 Å². The lowest BCUT2D eigenvalue weighted by Gasteiger charge is -2.26. The Labute approximate surface area is 102 Å². The zero-order chi connectivity index (χ0) is 11.8. The molecule has 4 nitrogen and oxygen atoms in total. The summed E-state index contributed by atoms with van der Waals surface area (Å²) in [6, 6.07) is 0. The van der Waals surface area contributed by atoms with Crippen LogP contribution in [0.2, 0.25) is 0 Å². The molecule has 3 rings (SSSR count). The van der Waals surface area contributed by atoms with E-state index in [-0.39, 0.29) is 0 Å². The van der Waals surface area contributed by atoms with Crippen molar-refractivity contribution in [2.45, 2.75) is 44.7 Å². The first-order chi connectivity index (χ1) is 8.29. The zero-order valence-corrected chi connectivity index (χ0v) is 10.4. The molecule has 0 aromatic carbocycles. The normalized spacial score (nSPS) is 21.7. The Morgan fingerprint density at radius 1 is 1.29 bits per heavy atom. The molecule has 0 bridgehead atoms. The third-order valence-corrected chi connectivity index (χ3v) is 4.09. The van der Waals surface area contributed by atoms with Crippen molar-refractivity contribution in [3.63, 3.8) is 0 Å². The zero-order valence-electron chi connectivity index (χ0n) is 10.4. The van der Waals surface area contributed by atoms with E-state index in [4.69, 9.17) is 0 Å². The highest BCUT2D eigenvalue weighted by Gasteiger charge is 2.28. The molecule has 0 unspecified atom stereocenters. The number of carbonyl (C=O) groups is 1. The highest BCUT2D eigenvalue weighted by molar-refractivity contribution is 5.74. The molecule has 1 aromatic rings. The van der Waals surface area contributed by atoms with Gasteiger partial charge in [-0.15, -0.1) is 0 Å². The van der Waals surface area contributed by atoms with E-state index in [0.29, 0.717) is 11.6 Å². The van der Waals surface area contributed by atoms with Crippen LogP contribution in [0.25, 0.3) is 0 Å². The van der Waals surface area contributed by atoms with Crippen LogP contribution in [0.1, 0.15) is 53.6 Å². The number of hydrogen-bond acceptors (Lipinski definition) is 3. The van der Waals surface area contributed by atoms with Gasteiger partial charge in [0.1, 0.15) is 11.5 Å². The summed E-state index contributed by atoms with van der Waals surface area (Å²) in [6.45, 7) is 2.90. The fourth-order valence-corrected chi connectivity index (χ4v) is 3.14. The molecule has 1 fully saturated rings. The minimum absolute atomic E-state index is 0.589. The summed E-state index contributed by atoms with van der Waals surface area (Å²) in [5.74, 6) is 1.76. The monoisotopic (exact) mass is 233 g/mol. The third-order valence-electron chi connectivity index (χ3n) is 4.09. The smallest absolute Gasteiger partial charge is 0.170 e. The number of rotatable bonds is 2. The number of likely N-dealkylation sites (N-methyl/N-ethyl adjacent to an activating group) is 1. The van der Waals surface area contributed by atoms with E-state index in [2.05, 4.69) is 21.5 Å². The van der Waals surface area contributed by atoms with Gasteiger partial charge in [-0.2, -0.15) is 0 Å². The Balaban J connectivity index is 2.01. The first-order valence-corrected chi connectivity index (χ1v) is 6.52. The highest BCUT2D eigenvalue weighted by Crippen LogP contribution is 2.35. The first-order valence-electron chi connectivity index (χ1n) is 6.52. The fraction of sp³-hybridized carbons (Fsp3) is 0.692. The lowest BCUT2D eigenvalue weighted by Crippen LogP contribution is -2.31. The van der Waals surface area contributed by atoms with Crippen molar-refractivity contribution in [2.24, 2.45) is 0 Å². The predicted octanol–water partition coefficient (Wildman–Crippen LogP) is 1.80. The highest BCUT2D eigenvalue weighted by atomic mass is 16.1. The van der Waals surface area contributed by atoms with Crippen molar-refractivity contribution in [1.29, 1.82) is 0 Å². The van der Waals surface area contributed by atoms with Crippen molar-refractivity contribution in [1.82, 2.24) is 14.5 Å². The molecule has 0 atom stereocenters. The van der Waals surface area contributed by atoms with Crippen molar-refractivity contribution < 1.29 is 4.79 Å². The maximum absolute atomic E-state index is 11.1. The molecule has 0 saturated heterocycles. The molecular weight excluding hydrogens is 214 g/mol. The van der Waals surface area contributed by atoms with Crippen molar-refractivity contribution in [3.8, 4) is 0 Å². The third kappa shape index (κ3) is 1.80. The van der Waals surface area contributed by atoms with Gasteiger partial charge in [0.2, 0.25) is 0 Å². The number of aldehydes is 1. The van der Waals surface area contributed by atoms with Crippen LogP contribution < -0.4 is 0 Å². The van der Waals surface area contributed by atoms with Crippen LogP contribution in [0.4, 0.5) is 0 Å². The maximum Gasteiger partial charge on any atom is 0.170 e. The summed E-state index contributed by atoms with van der Waals surface area (Å²) in [4.78, 5) is 18.0. The summed E-state index contributed by atoms with van der Waals surface area (Å²) in [7, 11) is 2.10. The van der Waals surface area contributed by atoms with Gasteiger partial charge in [-0.05, 0) is 19.9 Å². The van der Waals surface area contributed by atoms with E-state index in [1.165, 1.54) is 31.5 Å². The lowest BCUT2D eigenvalue weighted by atomic mass is 10.1. The molecule has 1 aliphatic heterocycles. The molecule has 1 saturated carbocycles. The van der Waals surface area contributed by atoms with Crippen LogP contribution in [0, 0.1) is 0 Å². The number of aromatic nitrogens is 2. The molecule has 0 amide bonds. The molecule has 4 heteroatoms. The Morgan fingerprint density at radius 3 is 2.76 bits per heavy atom. The molecule has 2 aliphatic rings. The van der Waals surface area contributed by atoms with Gasteiger partial charge in [0.15, 0.2) is 6.29 Å². The van der Waals surface area contributed by atoms with Gasteiger partial charge in [0.05, 0.1) is 5.69 Å². The van der Waals surface area contributed by atoms with Crippen LogP contribution in [-0.4, -0.2) is 34.3 Å². The molecule has 17 heavy (non-hydrogen) atoms. The lowest BCUT2D eigenvalue weighted by molar-refractivity contribution is 0.111. The Hall–Kier alpha value is -1.16. The molecule has 1 aromatic heterocycles.